The molecule has 0 saturated heterocycles. The van der Waals surface area contributed by atoms with Gasteiger partial charge in [-0.3, -0.25) is 14.8 Å². The van der Waals surface area contributed by atoms with Gasteiger partial charge in [0.1, 0.15) is 5.69 Å². The highest BCUT2D eigenvalue weighted by molar-refractivity contribution is 14.1. The first-order valence-corrected chi connectivity index (χ1v) is 8.18. The molecule has 2 aromatic rings. The van der Waals surface area contributed by atoms with Crippen LogP contribution in [0.4, 0.5) is 17.1 Å². The van der Waals surface area contributed by atoms with E-state index in [0.29, 0.717) is 5.69 Å². The maximum absolute atomic E-state index is 12.2. The van der Waals surface area contributed by atoms with Crippen LogP contribution >= 0.6 is 22.6 Å². The molecule has 3 N–H and O–H groups in total. The number of benzene rings is 2. The lowest BCUT2D eigenvalue weighted by Gasteiger charge is -2.08. The van der Waals surface area contributed by atoms with Crippen LogP contribution in [0, 0.1) is 13.7 Å². The molecule has 0 aliphatic heterocycles. The van der Waals surface area contributed by atoms with E-state index in [2.05, 4.69) is 27.3 Å². The number of sulfonamides is 1. The predicted molar refractivity (Wildman–Crippen MR) is 87.5 cm³/mol. The van der Waals surface area contributed by atoms with Crippen molar-refractivity contribution in [3.05, 3.63) is 56.1 Å². The van der Waals surface area contributed by atoms with E-state index in [1.807, 2.05) is 0 Å². The lowest BCUT2D eigenvalue weighted by molar-refractivity contribution is -0.383. The van der Waals surface area contributed by atoms with Crippen LogP contribution in [-0.2, 0) is 10.0 Å². The summed E-state index contributed by atoms with van der Waals surface area (Å²) >= 11 is 2.10. The molecule has 0 aliphatic rings. The van der Waals surface area contributed by atoms with Gasteiger partial charge in [-0.2, -0.15) is 0 Å². The molecule has 0 fully saturated rings. The minimum Gasteiger partial charge on any atom is -0.393 e. The monoisotopic (exact) mass is 419 g/mol. The largest absolute Gasteiger partial charge is 0.393 e. The van der Waals surface area contributed by atoms with E-state index in [1.165, 1.54) is 0 Å². The van der Waals surface area contributed by atoms with Crippen molar-refractivity contribution in [1.82, 2.24) is 0 Å². The smallest absolute Gasteiger partial charge is 0.292 e. The lowest BCUT2D eigenvalue weighted by atomic mass is 10.3. The van der Waals surface area contributed by atoms with Crippen LogP contribution in [0.2, 0.25) is 0 Å². The SMILES string of the molecule is Nc1cc(S(=O)(=O)Nc2ccc(I)cc2)ccc1[N+](=O)[O-]. The zero-order valence-electron chi connectivity index (χ0n) is 10.5. The Balaban J connectivity index is 2.33. The third-order valence-corrected chi connectivity index (χ3v) is 4.70. The van der Waals surface area contributed by atoms with Gasteiger partial charge in [-0.05, 0) is 59.0 Å². The molecule has 2 aromatic carbocycles. The summed E-state index contributed by atoms with van der Waals surface area (Å²) in [5, 5.41) is 10.7. The van der Waals surface area contributed by atoms with Crippen LogP contribution in [-0.4, -0.2) is 13.3 Å². The van der Waals surface area contributed by atoms with E-state index in [9.17, 15) is 18.5 Å². The first kappa shape index (κ1) is 15.5. The Hall–Kier alpha value is -1.88. The summed E-state index contributed by atoms with van der Waals surface area (Å²) in [4.78, 5) is 9.86. The summed E-state index contributed by atoms with van der Waals surface area (Å²) in [6.45, 7) is 0. The molecule has 0 aliphatic carbocycles. The molecular formula is C12H10IN3O4S. The van der Waals surface area contributed by atoms with Crippen molar-refractivity contribution in [3.8, 4) is 0 Å². The molecule has 110 valence electrons. The summed E-state index contributed by atoms with van der Waals surface area (Å²) in [6.07, 6.45) is 0. The van der Waals surface area contributed by atoms with Crippen molar-refractivity contribution in [2.45, 2.75) is 4.90 Å². The number of anilines is 2. The van der Waals surface area contributed by atoms with Crippen LogP contribution in [0.25, 0.3) is 0 Å². The number of halogens is 1. The molecule has 0 unspecified atom stereocenters. The van der Waals surface area contributed by atoms with Gasteiger partial charge in [0.15, 0.2) is 0 Å². The standard InChI is InChI=1S/C12H10IN3O4S/c13-8-1-3-9(4-2-8)15-21(19,20)10-5-6-12(16(17)18)11(14)7-10/h1-7,15H,14H2. The summed E-state index contributed by atoms with van der Waals surface area (Å²) in [7, 11) is -3.85. The zero-order valence-corrected chi connectivity index (χ0v) is 13.5. The maximum Gasteiger partial charge on any atom is 0.292 e. The summed E-state index contributed by atoms with van der Waals surface area (Å²) < 4.78 is 27.7. The highest BCUT2D eigenvalue weighted by Gasteiger charge is 2.19. The van der Waals surface area contributed by atoms with Crippen molar-refractivity contribution < 1.29 is 13.3 Å². The Morgan fingerprint density at radius 2 is 1.76 bits per heavy atom. The number of nitrogens with zero attached hydrogens (tertiary/aromatic N) is 1. The van der Waals surface area contributed by atoms with Crippen molar-refractivity contribution >= 4 is 49.7 Å². The van der Waals surface area contributed by atoms with Crippen LogP contribution in [0.5, 0.6) is 0 Å². The summed E-state index contributed by atoms with van der Waals surface area (Å²) in [5.74, 6) is 0. The summed E-state index contributed by atoms with van der Waals surface area (Å²) in [5.41, 5.74) is 5.36. The molecule has 21 heavy (non-hydrogen) atoms. The average Bonchev–Trinajstić information content (AvgIpc) is 2.40. The number of hydrogen-bond donors (Lipinski definition) is 2. The van der Waals surface area contributed by atoms with Crippen molar-refractivity contribution in [2.24, 2.45) is 0 Å². The fourth-order valence-electron chi connectivity index (χ4n) is 1.60. The van der Waals surface area contributed by atoms with E-state index in [-0.39, 0.29) is 16.3 Å². The van der Waals surface area contributed by atoms with E-state index in [1.54, 1.807) is 24.3 Å². The minimum atomic E-state index is -3.85. The molecule has 2 rings (SSSR count). The average molecular weight is 419 g/mol. The Morgan fingerprint density at radius 1 is 1.14 bits per heavy atom. The van der Waals surface area contributed by atoms with E-state index in [0.717, 1.165) is 21.8 Å². The second kappa shape index (κ2) is 5.85. The van der Waals surface area contributed by atoms with Gasteiger partial charge in [-0.25, -0.2) is 8.42 Å². The second-order valence-electron chi connectivity index (χ2n) is 4.09. The topological polar surface area (TPSA) is 115 Å². The number of nitrogen functional groups attached to an aromatic ring is 1. The van der Waals surface area contributed by atoms with Gasteiger partial charge in [-0.15, -0.1) is 0 Å². The van der Waals surface area contributed by atoms with Gasteiger partial charge < -0.3 is 5.73 Å². The third kappa shape index (κ3) is 3.61. The van der Waals surface area contributed by atoms with Crippen molar-refractivity contribution in [2.75, 3.05) is 10.5 Å². The number of nitrogens with one attached hydrogen (secondary N) is 1. The van der Waals surface area contributed by atoms with Crippen LogP contribution in [0.15, 0.2) is 47.4 Å². The Kier molecular flexibility index (Phi) is 4.32. The minimum absolute atomic E-state index is 0.135. The maximum atomic E-state index is 12.2. The van der Waals surface area contributed by atoms with Crippen molar-refractivity contribution in [1.29, 1.82) is 0 Å². The molecule has 7 nitrogen and oxygen atoms in total. The highest BCUT2D eigenvalue weighted by Crippen LogP contribution is 2.25. The third-order valence-electron chi connectivity index (χ3n) is 2.60. The van der Waals surface area contributed by atoms with E-state index < -0.39 is 14.9 Å². The van der Waals surface area contributed by atoms with Gasteiger partial charge in [0, 0.05) is 15.3 Å². The Labute approximate surface area is 134 Å². The number of nitrogens with two attached hydrogens (primary N) is 1. The van der Waals surface area contributed by atoms with Crippen LogP contribution in [0.3, 0.4) is 0 Å². The Morgan fingerprint density at radius 3 is 2.29 bits per heavy atom. The second-order valence-corrected chi connectivity index (χ2v) is 7.02. The molecule has 0 bridgehead atoms. The predicted octanol–water partition coefficient (Wildman–Crippen LogP) is 2.58. The molecule has 0 amide bonds. The highest BCUT2D eigenvalue weighted by atomic mass is 127. The van der Waals surface area contributed by atoms with Crippen LogP contribution < -0.4 is 10.5 Å². The Bertz CT molecular complexity index is 791. The van der Waals surface area contributed by atoms with Gasteiger partial charge in [0.05, 0.1) is 9.82 Å². The fraction of sp³-hybridized carbons (Fsp3) is 0. The number of nitro groups is 1. The van der Waals surface area contributed by atoms with Crippen LogP contribution in [0.1, 0.15) is 0 Å². The lowest BCUT2D eigenvalue weighted by Crippen LogP contribution is -2.13. The molecule has 0 heterocycles. The number of hydrogen-bond acceptors (Lipinski definition) is 5. The molecule has 0 aromatic heterocycles. The fourth-order valence-corrected chi connectivity index (χ4v) is 3.05. The van der Waals surface area contributed by atoms with Crippen molar-refractivity contribution in [3.63, 3.8) is 0 Å². The normalized spacial score (nSPS) is 11.1. The first-order chi connectivity index (χ1) is 9.79. The molecule has 0 spiro atoms. The van der Waals surface area contributed by atoms with Gasteiger partial charge in [-0.1, -0.05) is 0 Å². The first-order valence-electron chi connectivity index (χ1n) is 5.62. The van der Waals surface area contributed by atoms with E-state index >= 15 is 0 Å². The number of nitro benzene ring substituents is 1. The molecular weight excluding hydrogens is 409 g/mol. The quantitative estimate of drug-likeness (QED) is 0.342. The molecule has 0 saturated carbocycles. The zero-order chi connectivity index (χ0) is 15.6. The van der Waals surface area contributed by atoms with Gasteiger partial charge in [0.2, 0.25) is 0 Å². The number of rotatable bonds is 4. The summed E-state index contributed by atoms with van der Waals surface area (Å²) in [6, 6.07) is 10.0. The molecule has 0 atom stereocenters. The van der Waals surface area contributed by atoms with Gasteiger partial charge in [0.25, 0.3) is 15.7 Å². The van der Waals surface area contributed by atoms with Gasteiger partial charge >= 0.3 is 0 Å². The molecule has 9 heteroatoms. The molecule has 0 radical (unpaired) electrons. The van der Waals surface area contributed by atoms with E-state index in [4.69, 9.17) is 5.73 Å².